The van der Waals surface area contributed by atoms with Crippen molar-refractivity contribution in [1.82, 2.24) is 0 Å². The molecule has 1 aromatic carbocycles. The van der Waals surface area contributed by atoms with Crippen LogP contribution in [0.25, 0.3) is 0 Å². The molecule has 2 rings (SSSR count). The number of benzene rings is 1. The Kier molecular flexibility index (Phi) is 10.3. The lowest BCUT2D eigenvalue weighted by molar-refractivity contribution is -0.310. The molecule has 184 valence electrons. The molecule has 0 bridgehead atoms. The van der Waals surface area contributed by atoms with Crippen molar-refractivity contribution in [3.63, 3.8) is 0 Å². The Bertz CT molecular complexity index is 944. The predicted molar refractivity (Wildman–Crippen MR) is 118 cm³/mol. The predicted octanol–water partition coefficient (Wildman–Crippen LogP) is 2.02. The van der Waals surface area contributed by atoms with Crippen molar-refractivity contribution in [2.24, 2.45) is 4.99 Å². The van der Waals surface area contributed by atoms with Crippen molar-refractivity contribution in [1.29, 1.82) is 0 Å². The van der Waals surface area contributed by atoms with Gasteiger partial charge in [-0.15, -0.1) is 0 Å². The molecule has 0 aromatic heterocycles. The molecule has 1 saturated heterocycles. The summed E-state index contributed by atoms with van der Waals surface area (Å²) in [7, 11) is 0. The molecule has 12 heteroatoms. The second kappa shape index (κ2) is 12.9. The third kappa shape index (κ3) is 8.31. The Morgan fingerprint density at radius 2 is 1.44 bits per heavy atom. The molecule has 1 aliphatic rings. The van der Waals surface area contributed by atoms with E-state index in [0.717, 1.165) is 26.3 Å². The maximum absolute atomic E-state index is 11.8. The lowest BCUT2D eigenvalue weighted by atomic mass is 9.98. The van der Waals surface area contributed by atoms with Gasteiger partial charge in [0.15, 0.2) is 24.6 Å². The number of carbonyl (C=O) groups excluding carboxylic acids is 4. The van der Waals surface area contributed by atoms with Gasteiger partial charge in [-0.2, -0.15) is 4.99 Å². The fourth-order valence-electron chi connectivity index (χ4n) is 3.22. The van der Waals surface area contributed by atoms with Crippen LogP contribution in [-0.4, -0.2) is 66.4 Å². The molecule has 1 aliphatic heterocycles. The zero-order chi connectivity index (χ0) is 25.3. The molecule has 0 N–H and O–H groups in total. The van der Waals surface area contributed by atoms with E-state index in [1.165, 1.54) is 6.92 Å². The SMILES string of the molecule is CC(=O)OC[C@H]1OC(OCc2ccc(N=C=S)cc2)[C@@H](OC(C)=O)[C@@H](OC(C)=O)[C@@H]1OC(C)=O. The monoisotopic (exact) mass is 495 g/mol. The molecule has 0 radical (unpaired) electrons. The van der Waals surface area contributed by atoms with Crippen molar-refractivity contribution in [3.8, 4) is 0 Å². The van der Waals surface area contributed by atoms with Gasteiger partial charge in [0.25, 0.3) is 0 Å². The largest absolute Gasteiger partial charge is 0.463 e. The van der Waals surface area contributed by atoms with E-state index in [2.05, 4.69) is 22.4 Å². The summed E-state index contributed by atoms with van der Waals surface area (Å²) in [6, 6.07) is 6.86. The van der Waals surface area contributed by atoms with E-state index >= 15 is 0 Å². The van der Waals surface area contributed by atoms with Gasteiger partial charge < -0.3 is 28.4 Å². The van der Waals surface area contributed by atoms with E-state index < -0.39 is 54.6 Å². The van der Waals surface area contributed by atoms with E-state index in [4.69, 9.17) is 28.4 Å². The van der Waals surface area contributed by atoms with Crippen molar-refractivity contribution >= 4 is 46.9 Å². The normalized spacial score (nSPS) is 23.7. The number of nitrogens with zero attached hydrogens (tertiary/aromatic N) is 1. The highest BCUT2D eigenvalue weighted by Crippen LogP contribution is 2.30. The van der Waals surface area contributed by atoms with Crippen LogP contribution in [0.4, 0.5) is 5.69 Å². The first-order valence-electron chi connectivity index (χ1n) is 10.2. The van der Waals surface area contributed by atoms with E-state index in [1.54, 1.807) is 24.3 Å². The summed E-state index contributed by atoms with van der Waals surface area (Å²) in [5.74, 6) is -2.74. The minimum absolute atomic E-state index is 0.00925. The Morgan fingerprint density at radius 3 is 1.97 bits per heavy atom. The molecule has 1 fully saturated rings. The standard InChI is InChI=1S/C22H25NO10S/c1-12(24)28-10-18-19(30-13(2)25)20(31-14(3)26)21(32-15(4)27)22(33-18)29-9-16-5-7-17(8-6-16)23-11-34/h5-8,18-22H,9-10H2,1-4H3/t18-,19-,20+,21+,22?/m1/s1. The molecule has 1 unspecified atom stereocenters. The molecule has 11 nitrogen and oxygen atoms in total. The van der Waals surface area contributed by atoms with Crippen LogP contribution in [0.2, 0.25) is 0 Å². The number of hydrogen-bond donors (Lipinski definition) is 0. The van der Waals surface area contributed by atoms with Gasteiger partial charge in [0.05, 0.1) is 17.5 Å². The molecular formula is C22H25NO10S. The van der Waals surface area contributed by atoms with Crippen LogP contribution in [-0.2, 0) is 54.2 Å². The molecule has 0 spiro atoms. The topological polar surface area (TPSA) is 136 Å². The van der Waals surface area contributed by atoms with Crippen LogP contribution in [0, 0.1) is 0 Å². The lowest BCUT2D eigenvalue weighted by Crippen LogP contribution is -2.62. The van der Waals surface area contributed by atoms with Crippen LogP contribution < -0.4 is 0 Å². The fraction of sp³-hybridized carbons (Fsp3) is 0.500. The van der Waals surface area contributed by atoms with Crippen LogP contribution in [0.5, 0.6) is 0 Å². The molecule has 0 aliphatic carbocycles. The number of hydrogen-bond acceptors (Lipinski definition) is 12. The molecule has 5 atom stereocenters. The highest BCUT2D eigenvalue weighted by atomic mass is 32.1. The van der Waals surface area contributed by atoms with Gasteiger partial charge in [-0.05, 0) is 29.9 Å². The Labute approximate surface area is 201 Å². The fourth-order valence-corrected chi connectivity index (χ4v) is 3.33. The van der Waals surface area contributed by atoms with Gasteiger partial charge in [-0.1, -0.05) is 12.1 Å². The molecular weight excluding hydrogens is 470 g/mol. The van der Waals surface area contributed by atoms with Gasteiger partial charge in [0.1, 0.15) is 12.7 Å². The van der Waals surface area contributed by atoms with Crippen molar-refractivity contribution < 1.29 is 47.6 Å². The lowest BCUT2D eigenvalue weighted by Gasteiger charge is -2.44. The quantitative estimate of drug-likeness (QED) is 0.215. The maximum atomic E-state index is 11.8. The van der Waals surface area contributed by atoms with E-state index in [-0.39, 0.29) is 13.2 Å². The van der Waals surface area contributed by atoms with Crippen LogP contribution in [0.15, 0.2) is 29.3 Å². The minimum atomic E-state index is -1.29. The molecule has 34 heavy (non-hydrogen) atoms. The van der Waals surface area contributed by atoms with Crippen molar-refractivity contribution in [2.45, 2.75) is 65.0 Å². The summed E-state index contributed by atoms with van der Waals surface area (Å²) in [4.78, 5) is 50.6. The second-order valence-corrected chi connectivity index (χ2v) is 7.43. The number of ether oxygens (including phenoxy) is 6. The van der Waals surface area contributed by atoms with Gasteiger partial charge in [0.2, 0.25) is 0 Å². The highest BCUT2D eigenvalue weighted by Gasteiger charge is 2.52. The summed E-state index contributed by atoms with van der Waals surface area (Å²) in [5, 5.41) is 2.27. The van der Waals surface area contributed by atoms with Gasteiger partial charge in [0, 0.05) is 27.7 Å². The summed E-state index contributed by atoms with van der Waals surface area (Å²) < 4.78 is 32.7. The van der Waals surface area contributed by atoms with Crippen LogP contribution >= 0.6 is 12.2 Å². The summed E-state index contributed by atoms with van der Waals surface area (Å²) in [5.41, 5.74) is 1.32. The van der Waals surface area contributed by atoms with Gasteiger partial charge >= 0.3 is 23.9 Å². The molecule has 0 saturated carbocycles. The van der Waals surface area contributed by atoms with Crippen LogP contribution in [0.3, 0.4) is 0 Å². The molecule has 0 amide bonds. The molecule has 1 heterocycles. The number of isothiocyanates is 1. The number of thiocarbonyl (C=S) groups is 1. The van der Waals surface area contributed by atoms with Crippen molar-refractivity contribution in [2.75, 3.05) is 6.61 Å². The van der Waals surface area contributed by atoms with E-state index in [9.17, 15) is 19.2 Å². The minimum Gasteiger partial charge on any atom is -0.463 e. The molecule has 1 aromatic rings. The van der Waals surface area contributed by atoms with Gasteiger partial charge in [-0.25, -0.2) is 0 Å². The number of aliphatic imine (C=N–C) groups is 1. The van der Waals surface area contributed by atoms with E-state index in [1.807, 2.05) is 0 Å². The third-order valence-electron chi connectivity index (χ3n) is 4.47. The zero-order valence-corrected chi connectivity index (χ0v) is 19.9. The Balaban J connectivity index is 2.34. The second-order valence-electron chi connectivity index (χ2n) is 7.25. The maximum Gasteiger partial charge on any atom is 0.303 e. The Morgan fingerprint density at radius 1 is 0.882 bits per heavy atom. The smallest absolute Gasteiger partial charge is 0.303 e. The van der Waals surface area contributed by atoms with Crippen molar-refractivity contribution in [3.05, 3.63) is 29.8 Å². The first-order valence-corrected chi connectivity index (χ1v) is 10.6. The average Bonchev–Trinajstić information content (AvgIpc) is 2.74. The zero-order valence-electron chi connectivity index (χ0n) is 19.0. The third-order valence-corrected chi connectivity index (χ3v) is 4.56. The van der Waals surface area contributed by atoms with Crippen LogP contribution in [0.1, 0.15) is 33.3 Å². The first kappa shape index (κ1) is 27.1. The Hall–Kier alpha value is -3.18. The first-order chi connectivity index (χ1) is 16.1. The summed E-state index contributed by atoms with van der Waals surface area (Å²) >= 11 is 4.58. The number of esters is 4. The number of carbonyl (C=O) groups is 4. The summed E-state index contributed by atoms with van der Waals surface area (Å²) in [6.45, 7) is 4.32. The highest BCUT2D eigenvalue weighted by molar-refractivity contribution is 7.78. The average molecular weight is 496 g/mol. The summed E-state index contributed by atoms with van der Waals surface area (Å²) in [6.07, 6.45) is -6.13. The number of rotatable bonds is 9. The van der Waals surface area contributed by atoms with E-state index in [0.29, 0.717) is 5.69 Å². The van der Waals surface area contributed by atoms with Gasteiger partial charge in [-0.3, -0.25) is 19.2 Å².